The van der Waals surface area contributed by atoms with Gasteiger partial charge in [-0.15, -0.1) is 0 Å². The number of halogens is 3. The first-order chi connectivity index (χ1) is 8.61. The summed E-state index contributed by atoms with van der Waals surface area (Å²) in [6.07, 6.45) is 0. The van der Waals surface area contributed by atoms with Crippen LogP contribution in [-0.2, 0) is 6.61 Å². The minimum Gasteiger partial charge on any atom is -0.454 e. The van der Waals surface area contributed by atoms with Crippen LogP contribution in [0.15, 0.2) is 36.4 Å². The number of ether oxygens (including phenoxy) is 1. The van der Waals surface area contributed by atoms with Crippen LogP contribution >= 0.6 is 34.8 Å². The zero-order chi connectivity index (χ0) is 13.1. The second-order valence-electron chi connectivity index (χ2n) is 3.58. The van der Waals surface area contributed by atoms with Crippen LogP contribution in [0.4, 0.5) is 0 Å². The van der Waals surface area contributed by atoms with Gasteiger partial charge in [0, 0.05) is 0 Å². The van der Waals surface area contributed by atoms with Gasteiger partial charge in [-0.05, 0) is 29.8 Å². The summed E-state index contributed by atoms with van der Waals surface area (Å²) in [7, 11) is 0. The van der Waals surface area contributed by atoms with Crippen LogP contribution in [0, 0.1) is 0 Å². The molecule has 0 aliphatic heterocycles. The molecule has 0 aromatic heterocycles. The maximum atomic E-state index is 8.99. The first kappa shape index (κ1) is 13.5. The summed E-state index contributed by atoms with van der Waals surface area (Å²) >= 11 is 17.9. The quantitative estimate of drug-likeness (QED) is 0.871. The fourth-order valence-corrected chi connectivity index (χ4v) is 1.98. The lowest BCUT2D eigenvalue weighted by molar-refractivity contribution is 0.281. The van der Waals surface area contributed by atoms with E-state index >= 15 is 0 Å². The average molecular weight is 304 g/mol. The molecule has 0 amide bonds. The molecule has 0 spiro atoms. The molecule has 0 unspecified atom stereocenters. The molecule has 0 heterocycles. The fraction of sp³-hybridized carbons (Fsp3) is 0.0769. The lowest BCUT2D eigenvalue weighted by atomic mass is 10.2. The Hall–Kier alpha value is -0.930. The van der Waals surface area contributed by atoms with Crippen molar-refractivity contribution in [3.8, 4) is 11.5 Å². The number of rotatable bonds is 3. The maximum absolute atomic E-state index is 8.99. The summed E-state index contributed by atoms with van der Waals surface area (Å²) < 4.78 is 5.59. The van der Waals surface area contributed by atoms with Crippen LogP contribution in [0.2, 0.25) is 15.1 Å². The number of aliphatic hydroxyl groups is 1. The van der Waals surface area contributed by atoms with E-state index in [-0.39, 0.29) is 6.61 Å². The predicted octanol–water partition coefficient (Wildman–Crippen LogP) is 4.93. The summed E-state index contributed by atoms with van der Waals surface area (Å²) in [5.41, 5.74) is 0.713. The first-order valence-electron chi connectivity index (χ1n) is 5.13. The summed E-state index contributed by atoms with van der Waals surface area (Å²) in [6.45, 7) is -0.0715. The Labute approximate surface area is 120 Å². The molecule has 0 atom stereocenters. The molecule has 2 aromatic rings. The average Bonchev–Trinajstić information content (AvgIpc) is 2.37. The van der Waals surface area contributed by atoms with E-state index in [0.29, 0.717) is 32.1 Å². The van der Waals surface area contributed by atoms with Gasteiger partial charge < -0.3 is 9.84 Å². The van der Waals surface area contributed by atoms with E-state index in [4.69, 9.17) is 44.6 Å². The van der Waals surface area contributed by atoms with Gasteiger partial charge in [-0.2, -0.15) is 0 Å². The monoisotopic (exact) mass is 302 g/mol. The van der Waals surface area contributed by atoms with Crippen LogP contribution in [0.1, 0.15) is 5.56 Å². The molecule has 0 fully saturated rings. The minimum atomic E-state index is -0.0715. The van der Waals surface area contributed by atoms with Gasteiger partial charge in [0.15, 0.2) is 0 Å². The van der Waals surface area contributed by atoms with Crippen molar-refractivity contribution < 1.29 is 9.84 Å². The Bertz CT molecular complexity index is 570. The van der Waals surface area contributed by atoms with Gasteiger partial charge in [-0.3, -0.25) is 0 Å². The van der Waals surface area contributed by atoms with Gasteiger partial charge in [0.25, 0.3) is 0 Å². The Morgan fingerprint density at radius 2 is 1.72 bits per heavy atom. The summed E-state index contributed by atoms with van der Waals surface area (Å²) in [5, 5.41) is 10.1. The summed E-state index contributed by atoms with van der Waals surface area (Å²) in [4.78, 5) is 0. The van der Waals surface area contributed by atoms with Gasteiger partial charge in [0.05, 0.1) is 16.7 Å². The molecule has 0 aliphatic rings. The zero-order valence-corrected chi connectivity index (χ0v) is 11.4. The summed E-state index contributed by atoms with van der Waals surface area (Å²) in [5.74, 6) is 0.890. The highest BCUT2D eigenvalue weighted by molar-refractivity contribution is 6.43. The molecule has 0 saturated heterocycles. The van der Waals surface area contributed by atoms with Crippen molar-refractivity contribution in [3.05, 3.63) is 57.0 Å². The van der Waals surface area contributed by atoms with Crippen molar-refractivity contribution in [2.24, 2.45) is 0 Å². The molecule has 18 heavy (non-hydrogen) atoms. The van der Waals surface area contributed by atoms with E-state index in [1.54, 1.807) is 36.4 Å². The SMILES string of the molecule is OCc1ccc(Oc2cccc(Cl)c2Cl)c(Cl)c1. The van der Waals surface area contributed by atoms with Crippen molar-refractivity contribution >= 4 is 34.8 Å². The van der Waals surface area contributed by atoms with E-state index in [2.05, 4.69) is 0 Å². The molecule has 0 aliphatic carbocycles. The highest BCUT2D eigenvalue weighted by Gasteiger charge is 2.09. The molecule has 2 rings (SSSR count). The molecule has 0 radical (unpaired) electrons. The van der Waals surface area contributed by atoms with Crippen LogP contribution in [0.5, 0.6) is 11.5 Å². The van der Waals surface area contributed by atoms with E-state index < -0.39 is 0 Å². The first-order valence-corrected chi connectivity index (χ1v) is 6.26. The lowest BCUT2D eigenvalue weighted by Crippen LogP contribution is -1.89. The van der Waals surface area contributed by atoms with Crippen molar-refractivity contribution in [3.63, 3.8) is 0 Å². The van der Waals surface area contributed by atoms with Crippen LogP contribution in [0.25, 0.3) is 0 Å². The fourth-order valence-electron chi connectivity index (χ4n) is 1.41. The minimum absolute atomic E-state index is 0.0715. The smallest absolute Gasteiger partial charge is 0.147 e. The second-order valence-corrected chi connectivity index (χ2v) is 4.77. The normalized spacial score (nSPS) is 10.4. The van der Waals surface area contributed by atoms with E-state index in [1.807, 2.05) is 0 Å². The molecule has 2 nitrogen and oxygen atoms in total. The van der Waals surface area contributed by atoms with E-state index in [1.165, 1.54) is 0 Å². The number of hydrogen-bond acceptors (Lipinski definition) is 2. The van der Waals surface area contributed by atoms with Crippen LogP contribution in [-0.4, -0.2) is 5.11 Å². The molecular weight excluding hydrogens is 294 g/mol. The Balaban J connectivity index is 2.31. The second kappa shape index (κ2) is 5.81. The number of aliphatic hydroxyl groups excluding tert-OH is 1. The molecular formula is C13H9Cl3O2. The Morgan fingerprint density at radius 3 is 2.39 bits per heavy atom. The largest absolute Gasteiger partial charge is 0.454 e. The third kappa shape index (κ3) is 2.90. The summed E-state index contributed by atoms with van der Waals surface area (Å²) in [6, 6.07) is 10.1. The van der Waals surface area contributed by atoms with Crippen molar-refractivity contribution in [2.45, 2.75) is 6.61 Å². The molecule has 0 bridgehead atoms. The molecule has 0 saturated carbocycles. The number of benzene rings is 2. The standard InChI is InChI=1S/C13H9Cl3O2/c14-9-2-1-3-12(13(9)16)18-11-5-4-8(7-17)6-10(11)15/h1-6,17H,7H2. The van der Waals surface area contributed by atoms with E-state index in [9.17, 15) is 0 Å². The van der Waals surface area contributed by atoms with Crippen LogP contribution < -0.4 is 4.74 Å². The molecule has 94 valence electrons. The topological polar surface area (TPSA) is 29.5 Å². The van der Waals surface area contributed by atoms with Crippen molar-refractivity contribution in [2.75, 3.05) is 0 Å². The highest BCUT2D eigenvalue weighted by Crippen LogP contribution is 2.37. The molecule has 5 heteroatoms. The van der Waals surface area contributed by atoms with Crippen molar-refractivity contribution in [1.82, 2.24) is 0 Å². The zero-order valence-electron chi connectivity index (χ0n) is 9.16. The van der Waals surface area contributed by atoms with Crippen molar-refractivity contribution in [1.29, 1.82) is 0 Å². The lowest BCUT2D eigenvalue weighted by Gasteiger charge is -2.10. The highest BCUT2D eigenvalue weighted by atomic mass is 35.5. The van der Waals surface area contributed by atoms with Gasteiger partial charge in [-0.25, -0.2) is 0 Å². The van der Waals surface area contributed by atoms with E-state index in [0.717, 1.165) is 0 Å². The third-order valence-electron chi connectivity index (χ3n) is 2.31. The maximum Gasteiger partial charge on any atom is 0.147 e. The van der Waals surface area contributed by atoms with Gasteiger partial charge >= 0.3 is 0 Å². The van der Waals surface area contributed by atoms with Gasteiger partial charge in [-0.1, -0.05) is 46.9 Å². The third-order valence-corrected chi connectivity index (χ3v) is 3.41. The molecule has 2 aromatic carbocycles. The Morgan fingerprint density at radius 1 is 0.944 bits per heavy atom. The van der Waals surface area contributed by atoms with Gasteiger partial charge in [0.2, 0.25) is 0 Å². The molecule has 1 N–H and O–H groups in total. The Kier molecular flexibility index (Phi) is 4.36. The predicted molar refractivity (Wildman–Crippen MR) is 73.9 cm³/mol. The van der Waals surface area contributed by atoms with Gasteiger partial charge in [0.1, 0.15) is 16.5 Å². The number of hydrogen-bond donors (Lipinski definition) is 1. The van der Waals surface area contributed by atoms with Crippen LogP contribution in [0.3, 0.4) is 0 Å².